The zero-order valence-corrected chi connectivity index (χ0v) is 17.9. The van der Waals surface area contributed by atoms with E-state index in [9.17, 15) is 14.4 Å². The summed E-state index contributed by atoms with van der Waals surface area (Å²) in [6.07, 6.45) is 13.2. The molecular formula is C22H39NO5. The Hall–Kier alpha value is -1.59. The third-order valence-electron chi connectivity index (χ3n) is 5.54. The van der Waals surface area contributed by atoms with Gasteiger partial charge in [-0.1, -0.05) is 65.2 Å². The van der Waals surface area contributed by atoms with Gasteiger partial charge in [0.05, 0.1) is 5.92 Å². The average Bonchev–Trinajstić information content (AvgIpc) is 2.66. The molecule has 1 rings (SSSR count). The quantitative estimate of drug-likeness (QED) is 0.225. The summed E-state index contributed by atoms with van der Waals surface area (Å²) in [7, 11) is 0. The monoisotopic (exact) mass is 397 g/mol. The molecule has 0 saturated carbocycles. The first-order valence-corrected chi connectivity index (χ1v) is 11.1. The van der Waals surface area contributed by atoms with Crippen molar-refractivity contribution in [1.29, 1.82) is 0 Å². The number of carbonyl (C=O) groups excluding carboxylic acids is 3. The predicted molar refractivity (Wildman–Crippen MR) is 109 cm³/mol. The van der Waals surface area contributed by atoms with Gasteiger partial charge in [0.25, 0.3) is 0 Å². The summed E-state index contributed by atoms with van der Waals surface area (Å²) < 4.78 is 10.9. The molecule has 0 radical (unpaired) electrons. The van der Waals surface area contributed by atoms with Crippen molar-refractivity contribution in [3.8, 4) is 0 Å². The Morgan fingerprint density at radius 2 is 1.71 bits per heavy atom. The van der Waals surface area contributed by atoms with Gasteiger partial charge in [0, 0.05) is 6.42 Å². The van der Waals surface area contributed by atoms with Crippen LogP contribution in [-0.2, 0) is 23.9 Å². The second kappa shape index (κ2) is 14.4. The molecule has 1 aliphatic rings. The number of hydrogen-bond donors (Lipinski definition) is 1. The highest BCUT2D eigenvalue weighted by atomic mass is 16.6. The molecule has 1 saturated heterocycles. The summed E-state index contributed by atoms with van der Waals surface area (Å²) in [4.78, 5) is 34.2. The van der Waals surface area contributed by atoms with E-state index in [0.29, 0.717) is 12.8 Å². The Bertz CT molecular complexity index is 468. The molecule has 0 aromatic rings. The Morgan fingerprint density at radius 1 is 1.11 bits per heavy atom. The molecule has 0 spiro atoms. The van der Waals surface area contributed by atoms with Gasteiger partial charge in [-0.15, -0.1) is 0 Å². The lowest BCUT2D eigenvalue weighted by atomic mass is 9.89. The van der Waals surface area contributed by atoms with Crippen molar-refractivity contribution in [3.63, 3.8) is 0 Å². The zero-order valence-electron chi connectivity index (χ0n) is 17.9. The minimum atomic E-state index is -0.672. The first kappa shape index (κ1) is 24.4. The van der Waals surface area contributed by atoms with Gasteiger partial charge in [-0.25, -0.2) is 4.79 Å². The second-order valence-electron chi connectivity index (χ2n) is 7.91. The summed E-state index contributed by atoms with van der Waals surface area (Å²) in [6, 6.07) is -0.672. The molecular weight excluding hydrogens is 358 g/mol. The topological polar surface area (TPSA) is 81.7 Å². The molecule has 0 aromatic heterocycles. The molecule has 0 aromatic carbocycles. The molecule has 1 N–H and O–H groups in total. The maximum absolute atomic E-state index is 12.2. The first-order chi connectivity index (χ1) is 13.5. The van der Waals surface area contributed by atoms with E-state index in [1.165, 1.54) is 44.9 Å². The highest BCUT2D eigenvalue weighted by molar-refractivity contribution is 5.79. The van der Waals surface area contributed by atoms with Crippen molar-refractivity contribution in [1.82, 2.24) is 5.32 Å². The molecule has 0 bridgehead atoms. The van der Waals surface area contributed by atoms with Crippen molar-refractivity contribution in [2.24, 2.45) is 5.92 Å². The van der Waals surface area contributed by atoms with E-state index in [2.05, 4.69) is 12.2 Å². The van der Waals surface area contributed by atoms with Crippen molar-refractivity contribution in [2.45, 2.75) is 116 Å². The summed E-state index contributed by atoms with van der Waals surface area (Å²) in [6.45, 7) is 5.80. The van der Waals surface area contributed by atoms with Gasteiger partial charge < -0.3 is 14.8 Å². The summed E-state index contributed by atoms with van der Waals surface area (Å²) in [5.74, 6) is -0.682. The first-order valence-electron chi connectivity index (χ1n) is 11.1. The third kappa shape index (κ3) is 9.07. The normalized spacial score (nSPS) is 20.6. The van der Waals surface area contributed by atoms with Gasteiger partial charge >= 0.3 is 11.9 Å². The van der Waals surface area contributed by atoms with Gasteiger partial charge in [0.15, 0.2) is 0 Å². The maximum atomic E-state index is 12.2. The number of cyclic esters (lactones) is 1. The van der Waals surface area contributed by atoms with Crippen LogP contribution in [0.15, 0.2) is 0 Å². The van der Waals surface area contributed by atoms with E-state index in [0.717, 1.165) is 25.7 Å². The molecule has 28 heavy (non-hydrogen) atoms. The van der Waals surface area contributed by atoms with Gasteiger partial charge in [-0.2, -0.15) is 0 Å². The van der Waals surface area contributed by atoms with Crippen LogP contribution in [0.5, 0.6) is 0 Å². The Labute approximate surface area is 170 Å². The fourth-order valence-electron chi connectivity index (χ4n) is 3.64. The molecule has 6 heteroatoms. The molecule has 6 nitrogen and oxygen atoms in total. The van der Waals surface area contributed by atoms with E-state index in [1.807, 2.05) is 6.92 Å². The van der Waals surface area contributed by atoms with Gasteiger partial charge in [-0.3, -0.25) is 9.59 Å². The predicted octanol–water partition coefficient (Wildman–Crippen LogP) is 4.30. The molecule has 1 aliphatic heterocycles. The number of amides is 1. The molecule has 1 heterocycles. The second-order valence-corrected chi connectivity index (χ2v) is 7.91. The Morgan fingerprint density at radius 3 is 2.25 bits per heavy atom. The lowest BCUT2D eigenvalue weighted by molar-refractivity contribution is -0.189. The number of carbonyl (C=O) groups is 3. The number of ether oxygens (including phenoxy) is 2. The minimum Gasteiger partial charge on any atom is -0.461 e. The van der Waals surface area contributed by atoms with Crippen LogP contribution in [0.25, 0.3) is 0 Å². The van der Waals surface area contributed by atoms with E-state index in [-0.39, 0.29) is 24.1 Å². The van der Waals surface area contributed by atoms with E-state index < -0.39 is 12.0 Å². The van der Waals surface area contributed by atoms with Crippen LogP contribution < -0.4 is 5.32 Å². The van der Waals surface area contributed by atoms with Crippen molar-refractivity contribution >= 4 is 18.3 Å². The standard InChI is InChI=1S/C22H39NO5/c1-4-6-7-8-9-10-11-12-13-14-18(27-21(25)17(3)23-16-24)15-20-19(5-2)22(26)28-20/h16-20H,4-15H2,1-3H3,(H,23,24)/t17?,18?,19-,20-/m0/s1. The maximum Gasteiger partial charge on any atom is 0.328 e. The highest BCUT2D eigenvalue weighted by Crippen LogP contribution is 2.30. The van der Waals surface area contributed by atoms with Gasteiger partial charge in [-0.05, 0) is 26.2 Å². The van der Waals surface area contributed by atoms with Crippen molar-refractivity contribution in [3.05, 3.63) is 0 Å². The van der Waals surface area contributed by atoms with Crippen LogP contribution in [0.2, 0.25) is 0 Å². The van der Waals surface area contributed by atoms with Crippen LogP contribution in [0, 0.1) is 5.92 Å². The molecule has 1 fully saturated rings. The van der Waals surface area contributed by atoms with E-state index in [1.54, 1.807) is 6.92 Å². The lowest BCUT2D eigenvalue weighted by Crippen LogP contribution is -2.47. The van der Waals surface area contributed by atoms with Crippen LogP contribution >= 0.6 is 0 Å². The number of esters is 2. The lowest BCUT2D eigenvalue weighted by Gasteiger charge is -2.36. The Balaban J connectivity index is 2.35. The fourth-order valence-corrected chi connectivity index (χ4v) is 3.64. The molecule has 1 amide bonds. The minimum absolute atomic E-state index is 0.0881. The Kier molecular flexibility index (Phi) is 12.6. The molecule has 0 aliphatic carbocycles. The molecule has 2 unspecified atom stereocenters. The van der Waals surface area contributed by atoms with E-state index >= 15 is 0 Å². The highest BCUT2D eigenvalue weighted by Gasteiger charge is 2.42. The van der Waals surface area contributed by atoms with Crippen LogP contribution in [0.1, 0.15) is 97.8 Å². The number of nitrogens with one attached hydrogen (secondary N) is 1. The number of rotatable bonds is 17. The zero-order chi connectivity index (χ0) is 20.8. The van der Waals surface area contributed by atoms with Crippen LogP contribution in [-0.4, -0.2) is 36.6 Å². The third-order valence-corrected chi connectivity index (χ3v) is 5.54. The molecule has 162 valence electrons. The van der Waals surface area contributed by atoms with Gasteiger partial charge in [0.2, 0.25) is 6.41 Å². The van der Waals surface area contributed by atoms with Gasteiger partial charge in [0.1, 0.15) is 18.2 Å². The van der Waals surface area contributed by atoms with Crippen LogP contribution in [0.4, 0.5) is 0 Å². The number of hydrogen-bond acceptors (Lipinski definition) is 5. The largest absolute Gasteiger partial charge is 0.461 e. The average molecular weight is 398 g/mol. The van der Waals surface area contributed by atoms with Crippen molar-refractivity contribution in [2.75, 3.05) is 0 Å². The molecule has 4 atom stereocenters. The SMILES string of the molecule is CCCCCCCCCCCC(C[C@@H]1OC(=O)[C@H]1CC)OC(=O)C(C)NC=O. The summed E-state index contributed by atoms with van der Waals surface area (Å²) in [5.41, 5.74) is 0. The summed E-state index contributed by atoms with van der Waals surface area (Å²) >= 11 is 0. The number of unbranched alkanes of at least 4 members (excludes halogenated alkanes) is 8. The summed E-state index contributed by atoms with van der Waals surface area (Å²) in [5, 5.41) is 2.42. The smallest absolute Gasteiger partial charge is 0.328 e. The van der Waals surface area contributed by atoms with Crippen LogP contribution in [0.3, 0.4) is 0 Å². The van der Waals surface area contributed by atoms with Crippen molar-refractivity contribution < 1.29 is 23.9 Å². The van der Waals surface area contributed by atoms with E-state index in [4.69, 9.17) is 9.47 Å². The fraction of sp³-hybridized carbons (Fsp3) is 0.864.